The minimum absolute atomic E-state index is 0. The number of amides is 1. The first-order valence-electron chi connectivity index (χ1n) is 30.8. The van der Waals surface area contributed by atoms with Gasteiger partial charge < -0.3 is 54.9 Å². The quantitative estimate of drug-likeness (QED) is 0.0184. The van der Waals surface area contributed by atoms with Crippen LogP contribution in [0.4, 0.5) is 45.5 Å². The summed E-state index contributed by atoms with van der Waals surface area (Å²) in [5, 5.41) is 36.7. The molecule has 448 valence electrons. The molecule has 14 heteroatoms. The highest BCUT2D eigenvalue weighted by Gasteiger charge is 2.44. The van der Waals surface area contributed by atoms with E-state index in [1.807, 2.05) is 72.8 Å². The molecule has 0 bridgehead atoms. The summed E-state index contributed by atoms with van der Waals surface area (Å²) in [6.07, 6.45) is 14.9. The lowest BCUT2D eigenvalue weighted by molar-refractivity contribution is -0.433. The zero-order chi connectivity index (χ0) is 60.0. The number of hydrogen-bond acceptors (Lipinski definition) is 11. The van der Waals surface area contributed by atoms with Gasteiger partial charge in [-0.05, 0) is 151 Å². The van der Waals surface area contributed by atoms with Crippen LogP contribution in [0.2, 0.25) is 0 Å². The molecule has 0 atom stereocenters. The van der Waals surface area contributed by atoms with E-state index in [1.54, 1.807) is 0 Å². The molecule has 7 aromatic rings. The van der Waals surface area contributed by atoms with Crippen molar-refractivity contribution in [2.45, 2.75) is 123 Å². The monoisotopic (exact) mass is 1270 g/mol. The molecule has 0 spiro atoms. The first kappa shape index (κ1) is 61.8. The Labute approximate surface area is 530 Å². The molecule has 0 unspecified atom stereocenters. The average Bonchev–Trinajstić information content (AvgIpc) is 1.93. The van der Waals surface area contributed by atoms with Gasteiger partial charge in [0.05, 0.1) is 41.2 Å². The van der Waals surface area contributed by atoms with E-state index in [0.717, 1.165) is 107 Å². The van der Waals surface area contributed by atoms with E-state index in [1.165, 1.54) is 50.8 Å². The van der Waals surface area contributed by atoms with Gasteiger partial charge in [0, 0.05) is 106 Å². The van der Waals surface area contributed by atoms with Crippen LogP contribution in [0.25, 0.3) is 21.5 Å². The number of fused-ring (bicyclic) bond motifs is 3. The van der Waals surface area contributed by atoms with Crippen molar-refractivity contribution in [3.8, 4) is 0 Å². The zero-order valence-electron chi connectivity index (χ0n) is 51.6. The van der Waals surface area contributed by atoms with Gasteiger partial charge in [-0.25, -0.2) is 0 Å². The number of rotatable bonds is 21. The third kappa shape index (κ3) is 13.4. The summed E-state index contributed by atoms with van der Waals surface area (Å²) in [5.74, 6) is -0.538. The van der Waals surface area contributed by atoms with Crippen molar-refractivity contribution in [1.82, 2.24) is 10.6 Å². The fraction of sp³-hybridized carbons (Fsp3) is 0.329. The maximum absolute atomic E-state index is 12.9. The first-order chi connectivity index (χ1) is 41.6. The maximum atomic E-state index is 12.9. The first-order valence-corrected chi connectivity index (χ1v) is 30.8. The molecule has 0 radical (unpaired) electrons. The number of benzene rings is 7. The molecule has 3 aliphatic heterocycles. The van der Waals surface area contributed by atoms with Gasteiger partial charge in [-0.15, -0.1) is 15.3 Å². The van der Waals surface area contributed by atoms with Crippen molar-refractivity contribution >= 4 is 84.6 Å². The van der Waals surface area contributed by atoms with Crippen LogP contribution in [0.5, 0.6) is 0 Å². The van der Waals surface area contributed by atoms with Gasteiger partial charge in [-0.3, -0.25) is 9.59 Å². The molecule has 0 fully saturated rings. The smallest absolute Gasteiger partial charge is 0.306 e. The van der Waals surface area contributed by atoms with Gasteiger partial charge in [0.25, 0.3) is 0 Å². The van der Waals surface area contributed by atoms with Crippen LogP contribution in [0.15, 0.2) is 207 Å². The second-order valence-corrected chi connectivity index (χ2v) is 24.4. The van der Waals surface area contributed by atoms with E-state index in [-0.39, 0.29) is 71.8 Å². The number of likely N-dealkylation sites (N-methyl/N-ethyl adjacent to an activating group) is 1. The Hall–Kier alpha value is -8.24. The molecule has 1 aliphatic carbocycles. The van der Waals surface area contributed by atoms with Gasteiger partial charge in [-0.2, -0.15) is 9.69 Å². The number of carbonyl (C=O) groups is 2. The number of carbonyl (C=O) groups excluding carboxylic acids is 2. The highest BCUT2D eigenvalue weighted by molar-refractivity contribution is 6.10. The number of para-hydroxylation sites is 2. The number of azo groups is 2. The summed E-state index contributed by atoms with van der Waals surface area (Å²) >= 11 is 0. The van der Waals surface area contributed by atoms with Gasteiger partial charge in [0.1, 0.15) is 12.2 Å². The van der Waals surface area contributed by atoms with Crippen molar-refractivity contribution in [3.63, 3.8) is 0 Å². The molecule has 13 nitrogen and oxygen atoms in total. The lowest BCUT2D eigenvalue weighted by Crippen LogP contribution is -3.00. The van der Waals surface area contributed by atoms with E-state index in [4.69, 9.17) is 15.0 Å². The Morgan fingerprint density at radius 1 is 0.655 bits per heavy atom. The van der Waals surface area contributed by atoms with E-state index in [9.17, 15) is 9.59 Å². The Morgan fingerprint density at radius 2 is 1.30 bits per heavy atom. The molecule has 7 aromatic carbocycles. The van der Waals surface area contributed by atoms with Gasteiger partial charge in [0.15, 0.2) is 5.71 Å². The normalized spacial score (nSPS) is 17.3. The fourth-order valence-electron chi connectivity index (χ4n) is 12.9. The van der Waals surface area contributed by atoms with E-state index < -0.39 is 0 Å². The number of esters is 1. The van der Waals surface area contributed by atoms with Gasteiger partial charge >= 0.3 is 5.97 Å². The number of halogens is 1. The molecule has 0 saturated carbocycles. The van der Waals surface area contributed by atoms with Crippen LogP contribution in [-0.2, 0) is 31.6 Å². The largest absolute Gasteiger partial charge is 1.00 e. The van der Waals surface area contributed by atoms with Crippen LogP contribution in [0.3, 0.4) is 0 Å². The van der Waals surface area contributed by atoms with Crippen molar-refractivity contribution in [2.75, 3.05) is 48.3 Å². The van der Waals surface area contributed by atoms with Gasteiger partial charge in [-0.1, -0.05) is 111 Å². The third-order valence-corrected chi connectivity index (χ3v) is 17.4. The lowest BCUT2D eigenvalue weighted by Gasteiger charge is -2.36. The number of nitrogens with one attached hydrogen (secondary N) is 4. The zero-order valence-corrected chi connectivity index (χ0v) is 53.7. The molecule has 3 heterocycles. The lowest BCUT2D eigenvalue weighted by atomic mass is 9.81. The summed E-state index contributed by atoms with van der Waals surface area (Å²) in [7, 11) is 0. The molecular formula is C73H81IN10O3. The van der Waals surface area contributed by atoms with Crippen LogP contribution >= 0.6 is 0 Å². The molecule has 87 heavy (non-hydrogen) atoms. The molecule has 4 N–H and O–H groups in total. The van der Waals surface area contributed by atoms with Crippen molar-refractivity contribution in [3.05, 3.63) is 203 Å². The SMILES string of the molecule is CCN1/C(=C/C=C2\CCCC(/C=C/C3=[N+](CC)c4ccccc4C3(C)C)=C2NCCCCNC(=O)CCC(=O)OCCc2ccc(/N=N/c3ccc(/N=N/c4ccc5c6c(cccc46)NC(C)(C)N5)c4ccccc34)cc2)C(C)(C)c2ccccc21.[I-]. The average molecular weight is 1270 g/mol. The van der Waals surface area contributed by atoms with Crippen molar-refractivity contribution in [1.29, 1.82) is 0 Å². The molecule has 4 aliphatic rings. The number of allylic oxidation sites excluding steroid dienone is 7. The number of ether oxygens (including phenoxy) is 1. The van der Waals surface area contributed by atoms with Crippen molar-refractivity contribution in [2.24, 2.45) is 20.5 Å². The van der Waals surface area contributed by atoms with Crippen molar-refractivity contribution < 1.29 is 42.9 Å². The van der Waals surface area contributed by atoms with E-state index >= 15 is 0 Å². The number of anilines is 3. The summed E-state index contributed by atoms with van der Waals surface area (Å²) in [4.78, 5) is 28.1. The highest BCUT2D eigenvalue weighted by atomic mass is 127. The minimum Gasteiger partial charge on any atom is -1.00 e. The number of unbranched alkanes of at least 4 members (excludes halogenated alkanes) is 1. The Bertz CT molecular complexity index is 3950. The van der Waals surface area contributed by atoms with Gasteiger partial charge in [0.2, 0.25) is 11.6 Å². The highest BCUT2D eigenvalue weighted by Crippen LogP contribution is 2.48. The fourth-order valence-corrected chi connectivity index (χ4v) is 12.9. The Morgan fingerprint density at radius 3 is 2.03 bits per heavy atom. The van der Waals surface area contributed by atoms with Crippen LogP contribution < -0.4 is 50.1 Å². The predicted octanol–water partition coefficient (Wildman–Crippen LogP) is 14.5. The molecule has 1 amide bonds. The summed E-state index contributed by atoms with van der Waals surface area (Å²) in [6, 6.07) is 47.5. The topological polar surface area (TPSA) is 147 Å². The van der Waals surface area contributed by atoms with Crippen LogP contribution in [0.1, 0.15) is 117 Å². The summed E-state index contributed by atoms with van der Waals surface area (Å²) < 4.78 is 8.01. The second-order valence-electron chi connectivity index (χ2n) is 24.4. The summed E-state index contributed by atoms with van der Waals surface area (Å²) in [6.45, 7) is 21.4. The second kappa shape index (κ2) is 26.8. The minimum atomic E-state index is -0.388. The number of nitrogens with zero attached hydrogens (tertiary/aromatic N) is 6. The third-order valence-electron chi connectivity index (χ3n) is 17.4. The van der Waals surface area contributed by atoms with Crippen LogP contribution in [0, 0.1) is 0 Å². The van der Waals surface area contributed by atoms with E-state index in [0.29, 0.717) is 18.7 Å². The molecule has 11 rings (SSSR count). The maximum Gasteiger partial charge on any atom is 0.306 e. The molecule has 0 aromatic heterocycles. The Balaban J connectivity index is 0.00000838. The number of hydrogen-bond donors (Lipinski definition) is 4. The van der Waals surface area contributed by atoms with Crippen LogP contribution in [-0.4, -0.2) is 60.6 Å². The standard InChI is InChI=1S/C73H80N10O3.HI/c1-9-82-63-29-15-13-26-56(63)71(3,4)65(82)41-33-50-21-19-22-51(34-42-66-72(5,6)57-27-14-16-30-64(57)83(66)10-2)70(50)75-47-18-17-46-74-67(84)43-44-68(85)86-48-45-49-31-35-52(36-32-49)78-79-58-37-38-59(54-24-12-11-23-53(54)58)80-81-60-39-40-62-69-55(60)25-20-28-61(69)76-73(7,8)77-62;/h11-16,20,23-42H,9-10,17-19,21-22,43-48H2,1-8H3,(H3,74,76,77,78,80,84);1H/b50-33+,65-41+;. The predicted molar refractivity (Wildman–Crippen MR) is 352 cm³/mol. The Kier molecular flexibility index (Phi) is 19.0. The molecule has 0 saturated heterocycles. The van der Waals surface area contributed by atoms with E-state index in [2.05, 4.69) is 187 Å². The summed E-state index contributed by atoms with van der Waals surface area (Å²) in [5.41, 5.74) is 17.4. The molecular weight excluding hydrogens is 1190 g/mol.